The van der Waals surface area contributed by atoms with E-state index in [4.69, 9.17) is 5.10 Å². The Hall–Kier alpha value is -3.21. The molecule has 0 spiro atoms. The maximum Gasteiger partial charge on any atom is 0.185 e. The molecule has 1 fully saturated rings. The van der Waals surface area contributed by atoms with Gasteiger partial charge in [0.25, 0.3) is 0 Å². The molecule has 128 valence electrons. The van der Waals surface area contributed by atoms with Crippen LogP contribution < -0.4 is 4.90 Å². The molecule has 0 amide bonds. The van der Waals surface area contributed by atoms with Crippen molar-refractivity contribution in [2.45, 2.75) is 13.0 Å². The lowest BCUT2D eigenvalue weighted by Gasteiger charge is -2.47. The average Bonchev–Trinajstić information content (AvgIpc) is 3.10. The second kappa shape index (κ2) is 5.95. The molecule has 26 heavy (non-hydrogen) atoms. The van der Waals surface area contributed by atoms with E-state index in [1.807, 2.05) is 47.0 Å². The highest BCUT2D eigenvalue weighted by atomic mass is 15.4. The molecule has 5 rings (SSSR count). The van der Waals surface area contributed by atoms with E-state index in [0.717, 1.165) is 29.4 Å². The Bertz CT molecular complexity index is 1040. The quantitative estimate of drug-likeness (QED) is 0.565. The van der Waals surface area contributed by atoms with Crippen molar-refractivity contribution in [3.63, 3.8) is 0 Å². The van der Waals surface area contributed by atoms with Crippen molar-refractivity contribution in [1.29, 1.82) is 0 Å². The normalized spacial score (nSPS) is 19.5. The molecule has 0 aliphatic carbocycles. The van der Waals surface area contributed by atoms with Crippen LogP contribution in [0.15, 0.2) is 72.8 Å². The van der Waals surface area contributed by atoms with Crippen molar-refractivity contribution in [3.8, 4) is 11.4 Å². The Morgan fingerprint density at radius 3 is 2.31 bits per heavy atom. The van der Waals surface area contributed by atoms with Crippen LogP contribution in [0.5, 0.6) is 0 Å². The minimum absolute atomic E-state index is 0.359. The van der Waals surface area contributed by atoms with Crippen LogP contribution in [0, 0.1) is 5.92 Å². The smallest absolute Gasteiger partial charge is 0.185 e. The van der Waals surface area contributed by atoms with Gasteiger partial charge in [-0.05, 0) is 23.6 Å². The zero-order valence-corrected chi connectivity index (χ0v) is 14.5. The summed E-state index contributed by atoms with van der Waals surface area (Å²) in [5.74, 6) is 2.33. The van der Waals surface area contributed by atoms with Crippen molar-refractivity contribution in [3.05, 3.63) is 78.4 Å². The first-order valence-corrected chi connectivity index (χ1v) is 8.91. The molecule has 1 saturated heterocycles. The standard InChI is InChI=1S/C21H19N5/c1-15-14-25(20(15)16-8-4-2-5-9-16)19-13-12-18-22-23-21(26(18)24-19)17-10-6-3-7-11-17/h2-13,15,20H,14H2,1H3/t15-,20-/m1/s1. The third-order valence-electron chi connectivity index (χ3n) is 5.08. The number of nitrogens with zero attached hydrogens (tertiary/aromatic N) is 5. The summed E-state index contributed by atoms with van der Waals surface area (Å²) in [4.78, 5) is 2.36. The Balaban J connectivity index is 1.56. The third kappa shape index (κ3) is 2.36. The van der Waals surface area contributed by atoms with Crippen molar-refractivity contribution in [2.24, 2.45) is 5.92 Å². The monoisotopic (exact) mass is 341 g/mol. The average molecular weight is 341 g/mol. The number of hydrogen-bond acceptors (Lipinski definition) is 4. The largest absolute Gasteiger partial charge is 0.347 e. The highest BCUT2D eigenvalue weighted by Crippen LogP contribution is 2.41. The Kier molecular flexibility index (Phi) is 3.45. The van der Waals surface area contributed by atoms with E-state index in [1.165, 1.54) is 5.56 Å². The summed E-state index contributed by atoms with van der Waals surface area (Å²) in [5.41, 5.74) is 3.11. The van der Waals surface area contributed by atoms with Crippen LogP contribution in [0.4, 0.5) is 5.82 Å². The van der Waals surface area contributed by atoms with Gasteiger partial charge >= 0.3 is 0 Å². The Morgan fingerprint density at radius 1 is 0.846 bits per heavy atom. The molecule has 5 heteroatoms. The molecule has 1 aliphatic heterocycles. The predicted molar refractivity (Wildman–Crippen MR) is 102 cm³/mol. The topological polar surface area (TPSA) is 46.3 Å². The lowest BCUT2D eigenvalue weighted by Crippen LogP contribution is -2.49. The molecule has 2 aromatic heterocycles. The Morgan fingerprint density at radius 2 is 1.58 bits per heavy atom. The first-order chi connectivity index (χ1) is 12.8. The van der Waals surface area contributed by atoms with E-state index in [0.29, 0.717) is 12.0 Å². The maximum atomic E-state index is 4.86. The van der Waals surface area contributed by atoms with Gasteiger partial charge in [0.05, 0.1) is 6.04 Å². The molecular formula is C21H19N5. The summed E-state index contributed by atoms with van der Waals surface area (Å²) >= 11 is 0. The SMILES string of the molecule is C[C@@H]1CN(c2ccc3nnc(-c4ccccc4)n3n2)[C@H]1c1ccccc1. The van der Waals surface area contributed by atoms with E-state index < -0.39 is 0 Å². The zero-order valence-electron chi connectivity index (χ0n) is 14.5. The number of rotatable bonds is 3. The van der Waals surface area contributed by atoms with Crippen LogP contribution in [-0.4, -0.2) is 26.4 Å². The van der Waals surface area contributed by atoms with Gasteiger partial charge in [0, 0.05) is 12.1 Å². The van der Waals surface area contributed by atoms with Crippen molar-refractivity contribution in [1.82, 2.24) is 19.8 Å². The summed E-state index contributed by atoms with van der Waals surface area (Å²) < 4.78 is 1.84. The summed E-state index contributed by atoms with van der Waals surface area (Å²) in [5, 5.41) is 13.5. The summed E-state index contributed by atoms with van der Waals surface area (Å²) in [7, 11) is 0. The van der Waals surface area contributed by atoms with Gasteiger partial charge in [-0.25, -0.2) is 0 Å². The molecule has 2 aromatic carbocycles. The number of fused-ring (bicyclic) bond motifs is 1. The van der Waals surface area contributed by atoms with Crippen LogP contribution in [0.2, 0.25) is 0 Å². The van der Waals surface area contributed by atoms with Gasteiger partial charge in [-0.2, -0.15) is 4.52 Å². The fraction of sp³-hybridized carbons (Fsp3) is 0.190. The van der Waals surface area contributed by atoms with Gasteiger partial charge < -0.3 is 4.90 Å². The molecule has 3 heterocycles. The maximum absolute atomic E-state index is 4.86. The lowest BCUT2D eigenvalue weighted by molar-refractivity contribution is 0.321. The van der Waals surface area contributed by atoms with Crippen LogP contribution in [-0.2, 0) is 0 Å². The first-order valence-electron chi connectivity index (χ1n) is 8.91. The van der Waals surface area contributed by atoms with E-state index >= 15 is 0 Å². The van der Waals surface area contributed by atoms with Gasteiger partial charge in [-0.15, -0.1) is 15.3 Å². The van der Waals surface area contributed by atoms with E-state index in [-0.39, 0.29) is 0 Å². The van der Waals surface area contributed by atoms with Crippen LogP contribution in [0.25, 0.3) is 17.0 Å². The molecule has 5 nitrogen and oxygen atoms in total. The Labute approximate surface area is 151 Å². The number of anilines is 1. The van der Waals surface area contributed by atoms with Crippen molar-refractivity contribution in [2.75, 3.05) is 11.4 Å². The molecule has 0 bridgehead atoms. The molecule has 0 unspecified atom stereocenters. The van der Waals surface area contributed by atoms with Crippen LogP contribution in [0.3, 0.4) is 0 Å². The summed E-state index contributed by atoms with van der Waals surface area (Å²) in [6.07, 6.45) is 0. The minimum atomic E-state index is 0.359. The fourth-order valence-corrected chi connectivity index (χ4v) is 3.79. The van der Waals surface area contributed by atoms with Gasteiger partial charge in [-0.1, -0.05) is 67.6 Å². The molecule has 0 N–H and O–H groups in total. The number of benzene rings is 2. The molecule has 2 atom stereocenters. The van der Waals surface area contributed by atoms with E-state index in [9.17, 15) is 0 Å². The summed E-state index contributed by atoms with van der Waals surface area (Å²) in [6, 6.07) is 25.1. The van der Waals surface area contributed by atoms with Crippen molar-refractivity contribution < 1.29 is 0 Å². The fourth-order valence-electron chi connectivity index (χ4n) is 3.79. The molecule has 1 aliphatic rings. The highest BCUT2D eigenvalue weighted by Gasteiger charge is 2.37. The predicted octanol–water partition coefficient (Wildman–Crippen LogP) is 3.99. The van der Waals surface area contributed by atoms with Crippen molar-refractivity contribution >= 4 is 11.5 Å². The second-order valence-corrected chi connectivity index (χ2v) is 6.84. The van der Waals surface area contributed by atoms with Gasteiger partial charge in [0.15, 0.2) is 11.5 Å². The third-order valence-corrected chi connectivity index (χ3v) is 5.08. The summed E-state index contributed by atoms with van der Waals surface area (Å²) in [6.45, 7) is 3.29. The molecule has 4 aromatic rings. The highest BCUT2D eigenvalue weighted by molar-refractivity contribution is 5.60. The number of aromatic nitrogens is 4. The zero-order chi connectivity index (χ0) is 17.5. The lowest BCUT2D eigenvalue weighted by atomic mass is 9.85. The molecule has 0 radical (unpaired) electrons. The number of hydrogen-bond donors (Lipinski definition) is 0. The van der Waals surface area contributed by atoms with Gasteiger partial charge in [-0.3, -0.25) is 0 Å². The minimum Gasteiger partial charge on any atom is -0.347 e. The molecule has 0 saturated carbocycles. The second-order valence-electron chi connectivity index (χ2n) is 6.84. The van der Waals surface area contributed by atoms with E-state index in [2.05, 4.69) is 52.4 Å². The van der Waals surface area contributed by atoms with Gasteiger partial charge in [0.2, 0.25) is 0 Å². The van der Waals surface area contributed by atoms with Crippen LogP contribution >= 0.6 is 0 Å². The van der Waals surface area contributed by atoms with Gasteiger partial charge in [0.1, 0.15) is 5.82 Å². The van der Waals surface area contributed by atoms with Crippen LogP contribution in [0.1, 0.15) is 18.5 Å². The first kappa shape index (κ1) is 15.1. The van der Waals surface area contributed by atoms with E-state index in [1.54, 1.807) is 0 Å². The molecular weight excluding hydrogens is 322 g/mol.